The van der Waals surface area contributed by atoms with Crippen LogP contribution >= 0.6 is 11.6 Å². The predicted octanol–water partition coefficient (Wildman–Crippen LogP) is 3.14. The van der Waals surface area contributed by atoms with Crippen molar-refractivity contribution >= 4 is 29.0 Å². The number of pyridine rings is 1. The van der Waals surface area contributed by atoms with Crippen LogP contribution in [-0.2, 0) is 0 Å². The minimum Gasteiger partial charge on any atom is -0.305 e. The Hall–Kier alpha value is -2.38. The normalized spacial score (nSPS) is 14.7. The molecule has 0 N–H and O–H groups in total. The quantitative estimate of drug-likeness (QED) is 0.746. The summed E-state index contributed by atoms with van der Waals surface area (Å²) in [6.07, 6.45) is 9.78. The van der Waals surface area contributed by atoms with Crippen LogP contribution in [0.1, 0.15) is 17.7 Å². The minimum absolute atomic E-state index is 0.488. The SMILES string of the molecule is N#Cc1ccc2nc(C3=CC=NC(Cl)=CC3)cn2c1. The topological polar surface area (TPSA) is 53.5 Å². The third-order valence-electron chi connectivity index (χ3n) is 2.87. The molecular weight excluding hydrogens is 260 g/mol. The van der Waals surface area contributed by atoms with Crippen LogP contribution in [0, 0.1) is 11.3 Å². The summed E-state index contributed by atoms with van der Waals surface area (Å²) < 4.78 is 1.85. The summed E-state index contributed by atoms with van der Waals surface area (Å²) in [5, 5.41) is 9.37. The van der Waals surface area contributed by atoms with Gasteiger partial charge in [-0.2, -0.15) is 5.26 Å². The summed E-state index contributed by atoms with van der Waals surface area (Å²) in [7, 11) is 0. The second-order valence-corrected chi connectivity index (χ2v) is 4.51. The molecule has 1 aliphatic rings. The number of imidazole rings is 1. The van der Waals surface area contributed by atoms with E-state index in [1.165, 1.54) is 0 Å². The highest BCUT2D eigenvalue weighted by atomic mass is 35.5. The van der Waals surface area contributed by atoms with E-state index in [0.29, 0.717) is 17.1 Å². The number of hydrogen-bond donors (Lipinski definition) is 0. The molecule has 0 saturated heterocycles. The van der Waals surface area contributed by atoms with Crippen molar-refractivity contribution in [1.29, 1.82) is 5.26 Å². The van der Waals surface area contributed by atoms with Crippen LogP contribution in [0.4, 0.5) is 0 Å². The van der Waals surface area contributed by atoms with Crippen LogP contribution in [0.15, 0.2) is 46.8 Å². The Bertz CT molecular complexity index is 772. The number of fused-ring (bicyclic) bond motifs is 1. The largest absolute Gasteiger partial charge is 0.305 e. The van der Waals surface area contributed by atoms with Gasteiger partial charge in [-0.15, -0.1) is 0 Å². The Labute approximate surface area is 115 Å². The number of rotatable bonds is 1. The number of nitrogens with zero attached hydrogens (tertiary/aromatic N) is 4. The van der Waals surface area contributed by atoms with Gasteiger partial charge in [0, 0.05) is 18.6 Å². The van der Waals surface area contributed by atoms with Gasteiger partial charge < -0.3 is 4.40 Å². The van der Waals surface area contributed by atoms with Gasteiger partial charge in [0.15, 0.2) is 0 Å². The van der Waals surface area contributed by atoms with Crippen molar-refractivity contribution in [3.8, 4) is 6.07 Å². The number of nitriles is 1. The van der Waals surface area contributed by atoms with E-state index in [0.717, 1.165) is 16.9 Å². The lowest BCUT2D eigenvalue weighted by Gasteiger charge is -1.96. The fraction of sp³-hybridized carbons (Fsp3) is 0.0714. The van der Waals surface area contributed by atoms with Crippen LogP contribution in [0.25, 0.3) is 11.2 Å². The highest BCUT2D eigenvalue weighted by molar-refractivity contribution is 6.30. The van der Waals surface area contributed by atoms with E-state index in [-0.39, 0.29) is 0 Å². The molecule has 0 spiro atoms. The molecule has 5 heteroatoms. The number of halogens is 1. The van der Waals surface area contributed by atoms with Crippen molar-refractivity contribution in [2.24, 2.45) is 4.99 Å². The van der Waals surface area contributed by atoms with E-state index in [4.69, 9.17) is 16.9 Å². The van der Waals surface area contributed by atoms with E-state index >= 15 is 0 Å². The average Bonchev–Trinajstić information content (AvgIpc) is 2.73. The Morgan fingerprint density at radius 1 is 1.32 bits per heavy atom. The van der Waals surface area contributed by atoms with Crippen LogP contribution in [0.3, 0.4) is 0 Å². The summed E-state index contributed by atoms with van der Waals surface area (Å²) >= 11 is 5.86. The van der Waals surface area contributed by atoms with Crippen LogP contribution in [0.2, 0.25) is 0 Å². The van der Waals surface area contributed by atoms with Crippen LogP contribution in [0.5, 0.6) is 0 Å². The van der Waals surface area contributed by atoms with Gasteiger partial charge in [-0.3, -0.25) is 0 Å². The smallest absolute Gasteiger partial charge is 0.137 e. The van der Waals surface area contributed by atoms with Crippen molar-refractivity contribution in [2.75, 3.05) is 0 Å². The molecule has 2 aromatic rings. The van der Waals surface area contributed by atoms with Crippen LogP contribution in [-0.4, -0.2) is 15.6 Å². The molecule has 2 aromatic heterocycles. The number of hydrogen-bond acceptors (Lipinski definition) is 3. The maximum atomic E-state index is 8.88. The van der Waals surface area contributed by atoms with E-state index < -0.39 is 0 Å². The monoisotopic (exact) mass is 268 g/mol. The van der Waals surface area contributed by atoms with Gasteiger partial charge in [0.05, 0.1) is 11.3 Å². The molecule has 3 rings (SSSR count). The van der Waals surface area contributed by atoms with Gasteiger partial charge in [0.1, 0.15) is 16.9 Å². The predicted molar refractivity (Wildman–Crippen MR) is 74.9 cm³/mol. The molecule has 0 unspecified atom stereocenters. The van der Waals surface area contributed by atoms with E-state index in [1.54, 1.807) is 18.5 Å². The lowest BCUT2D eigenvalue weighted by molar-refractivity contribution is 1.17. The first-order valence-electron chi connectivity index (χ1n) is 5.74. The number of aromatic nitrogens is 2. The van der Waals surface area contributed by atoms with Gasteiger partial charge in [0.2, 0.25) is 0 Å². The number of aliphatic imine (C=N–C) groups is 1. The first-order valence-corrected chi connectivity index (χ1v) is 6.12. The van der Waals surface area contributed by atoms with Gasteiger partial charge in [-0.25, -0.2) is 9.98 Å². The first kappa shape index (κ1) is 11.7. The van der Waals surface area contributed by atoms with Crippen molar-refractivity contribution < 1.29 is 0 Å². The maximum Gasteiger partial charge on any atom is 0.137 e. The molecule has 0 aliphatic carbocycles. The highest BCUT2D eigenvalue weighted by Gasteiger charge is 2.08. The van der Waals surface area contributed by atoms with Crippen molar-refractivity contribution in [1.82, 2.24) is 9.38 Å². The summed E-state index contributed by atoms with van der Waals surface area (Å²) in [6, 6.07) is 5.70. The maximum absolute atomic E-state index is 8.88. The van der Waals surface area contributed by atoms with Gasteiger partial charge in [0.25, 0.3) is 0 Å². The lowest BCUT2D eigenvalue weighted by atomic mass is 10.1. The molecule has 4 nitrogen and oxygen atoms in total. The van der Waals surface area contributed by atoms with E-state index in [9.17, 15) is 0 Å². The minimum atomic E-state index is 0.488. The molecule has 3 heterocycles. The molecule has 1 aliphatic heterocycles. The third kappa shape index (κ3) is 2.28. The van der Waals surface area contributed by atoms with Gasteiger partial charge in [-0.05, 0) is 36.3 Å². The lowest BCUT2D eigenvalue weighted by Crippen LogP contribution is -1.83. The number of allylic oxidation sites excluding steroid dienone is 3. The molecule has 0 radical (unpaired) electrons. The molecule has 0 saturated carbocycles. The van der Waals surface area contributed by atoms with Gasteiger partial charge in [-0.1, -0.05) is 11.6 Å². The first-order chi connectivity index (χ1) is 9.26. The molecule has 0 aromatic carbocycles. The molecule has 0 bridgehead atoms. The van der Waals surface area contributed by atoms with E-state index in [1.807, 2.05) is 28.8 Å². The second kappa shape index (κ2) is 4.71. The Morgan fingerprint density at radius 2 is 2.21 bits per heavy atom. The standard InChI is InChI=1S/C14H9ClN4/c15-13-3-2-11(5-6-17-13)12-9-19-8-10(7-16)1-4-14(19)18-12/h1,3-6,8-9H,2H2. The fourth-order valence-corrected chi connectivity index (χ4v) is 2.05. The van der Waals surface area contributed by atoms with Crippen molar-refractivity contribution in [3.63, 3.8) is 0 Å². The van der Waals surface area contributed by atoms with Gasteiger partial charge >= 0.3 is 0 Å². The molecule has 19 heavy (non-hydrogen) atoms. The fourth-order valence-electron chi connectivity index (χ4n) is 1.92. The summed E-state index contributed by atoms with van der Waals surface area (Å²) in [5.41, 5.74) is 3.33. The molecule has 0 fully saturated rings. The molecular formula is C14H9ClN4. The summed E-state index contributed by atoms with van der Waals surface area (Å²) in [5.74, 6) is 0. The highest BCUT2D eigenvalue weighted by Crippen LogP contribution is 2.22. The third-order valence-corrected chi connectivity index (χ3v) is 3.13. The van der Waals surface area contributed by atoms with E-state index in [2.05, 4.69) is 16.0 Å². The second-order valence-electron chi connectivity index (χ2n) is 4.12. The van der Waals surface area contributed by atoms with Crippen LogP contribution < -0.4 is 0 Å². The summed E-state index contributed by atoms with van der Waals surface area (Å²) in [6.45, 7) is 0. The van der Waals surface area contributed by atoms with Crippen molar-refractivity contribution in [3.05, 3.63) is 53.1 Å². The Balaban J connectivity index is 2.05. The average molecular weight is 269 g/mol. The zero-order chi connectivity index (χ0) is 13.2. The molecule has 0 atom stereocenters. The molecule has 92 valence electrons. The van der Waals surface area contributed by atoms with Crippen molar-refractivity contribution in [2.45, 2.75) is 6.42 Å². The zero-order valence-electron chi connectivity index (χ0n) is 9.92. The Morgan fingerprint density at radius 3 is 3.05 bits per heavy atom. The molecule has 0 amide bonds. The Kier molecular flexibility index (Phi) is 2.90. The summed E-state index contributed by atoms with van der Waals surface area (Å²) in [4.78, 5) is 8.56. The zero-order valence-corrected chi connectivity index (χ0v) is 10.7.